The second-order valence-corrected chi connectivity index (χ2v) is 5.13. The van der Waals surface area contributed by atoms with Crippen molar-refractivity contribution in [2.24, 2.45) is 0 Å². The van der Waals surface area contributed by atoms with Gasteiger partial charge < -0.3 is 16.0 Å². The molecule has 18 heavy (non-hydrogen) atoms. The zero-order chi connectivity index (χ0) is 13.6. The van der Waals surface area contributed by atoms with Gasteiger partial charge in [-0.15, -0.1) is 0 Å². The molecular weight excluding hydrogens is 222 g/mol. The molecule has 3 nitrogen and oxygen atoms in total. The lowest BCUT2D eigenvalue weighted by atomic mass is 10.0. The molecule has 1 unspecified atom stereocenters. The van der Waals surface area contributed by atoms with Crippen molar-refractivity contribution in [2.45, 2.75) is 77.4 Å². The van der Waals surface area contributed by atoms with Gasteiger partial charge in [0.05, 0.1) is 6.17 Å². The largest absolute Gasteiger partial charge is 0.311 e. The smallest absolute Gasteiger partial charge is 0.0725 e. The first-order chi connectivity index (χ1) is 8.79. The monoisotopic (exact) mass is 257 g/mol. The average Bonchev–Trinajstić information content (AvgIpc) is 2.39. The molecule has 0 amide bonds. The van der Waals surface area contributed by atoms with Crippen LogP contribution in [0.25, 0.3) is 0 Å². The van der Waals surface area contributed by atoms with Crippen LogP contribution >= 0.6 is 0 Å². The highest BCUT2D eigenvalue weighted by Gasteiger charge is 2.16. The molecule has 0 aliphatic heterocycles. The summed E-state index contributed by atoms with van der Waals surface area (Å²) < 4.78 is 0. The zero-order valence-corrected chi connectivity index (χ0v) is 13.0. The molecule has 3 N–H and O–H groups in total. The normalized spacial score (nSPS) is 13.2. The van der Waals surface area contributed by atoms with E-state index in [0.29, 0.717) is 12.2 Å². The van der Waals surface area contributed by atoms with E-state index in [1.807, 2.05) is 14.1 Å². The fraction of sp³-hybridized carbons (Fsp3) is 1.00. The molecular formula is C15H35N3. The Kier molecular flexibility index (Phi) is 13.2. The van der Waals surface area contributed by atoms with E-state index in [1.165, 1.54) is 51.4 Å². The third-order valence-corrected chi connectivity index (χ3v) is 3.61. The van der Waals surface area contributed by atoms with E-state index in [-0.39, 0.29) is 0 Å². The lowest BCUT2D eigenvalue weighted by Gasteiger charge is -2.27. The summed E-state index contributed by atoms with van der Waals surface area (Å²) in [6.07, 6.45) is 11.3. The molecule has 3 heteroatoms. The number of unbranched alkanes of at least 4 members (excludes halogenated alkanes) is 6. The summed E-state index contributed by atoms with van der Waals surface area (Å²) in [5, 5.41) is 10.2. The first-order valence-corrected chi connectivity index (χ1v) is 7.88. The first kappa shape index (κ1) is 17.9. The van der Waals surface area contributed by atoms with E-state index >= 15 is 0 Å². The Labute approximate surface area is 114 Å². The van der Waals surface area contributed by atoms with Gasteiger partial charge in [-0.3, -0.25) is 0 Å². The van der Waals surface area contributed by atoms with E-state index in [9.17, 15) is 0 Å². The summed E-state index contributed by atoms with van der Waals surface area (Å²) in [5.41, 5.74) is 0. The van der Waals surface area contributed by atoms with Crippen LogP contribution in [0.5, 0.6) is 0 Å². The summed E-state index contributed by atoms with van der Waals surface area (Å²) in [6.45, 7) is 5.50. The van der Waals surface area contributed by atoms with E-state index in [0.717, 1.165) is 6.54 Å². The quantitative estimate of drug-likeness (QED) is 0.351. The first-order valence-electron chi connectivity index (χ1n) is 7.88. The van der Waals surface area contributed by atoms with Crippen LogP contribution in [0.4, 0.5) is 0 Å². The van der Waals surface area contributed by atoms with E-state index in [4.69, 9.17) is 0 Å². The van der Waals surface area contributed by atoms with Gasteiger partial charge in [0.25, 0.3) is 0 Å². The molecule has 0 spiro atoms. The van der Waals surface area contributed by atoms with Crippen LogP contribution in [-0.4, -0.2) is 32.8 Å². The SMILES string of the molecule is CCCCCCCCCC(NCC)C(NC)NC. The minimum absolute atomic E-state index is 0.380. The molecule has 0 bridgehead atoms. The van der Waals surface area contributed by atoms with Crippen LogP contribution in [0.1, 0.15) is 65.2 Å². The van der Waals surface area contributed by atoms with Crippen LogP contribution < -0.4 is 16.0 Å². The van der Waals surface area contributed by atoms with Crippen molar-refractivity contribution in [3.05, 3.63) is 0 Å². The average molecular weight is 257 g/mol. The maximum Gasteiger partial charge on any atom is 0.0725 e. The lowest BCUT2D eigenvalue weighted by Crippen LogP contribution is -2.53. The summed E-state index contributed by atoms with van der Waals surface area (Å²) in [5.74, 6) is 0. The number of nitrogens with one attached hydrogen (secondary N) is 3. The Morgan fingerprint density at radius 1 is 0.778 bits per heavy atom. The third-order valence-electron chi connectivity index (χ3n) is 3.61. The van der Waals surface area contributed by atoms with Crippen LogP contribution in [0.15, 0.2) is 0 Å². The van der Waals surface area contributed by atoms with Gasteiger partial charge in [-0.1, -0.05) is 58.8 Å². The molecule has 0 aromatic carbocycles. The molecule has 110 valence electrons. The van der Waals surface area contributed by atoms with Crippen molar-refractivity contribution >= 4 is 0 Å². The van der Waals surface area contributed by atoms with Crippen LogP contribution in [-0.2, 0) is 0 Å². The lowest BCUT2D eigenvalue weighted by molar-refractivity contribution is 0.330. The van der Waals surface area contributed by atoms with Crippen molar-refractivity contribution in [1.29, 1.82) is 0 Å². The van der Waals surface area contributed by atoms with E-state index in [1.54, 1.807) is 0 Å². The number of hydrogen-bond donors (Lipinski definition) is 3. The fourth-order valence-electron chi connectivity index (χ4n) is 2.52. The highest BCUT2D eigenvalue weighted by atomic mass is 15.1. The van der Waals surface area contributed by atoms with Crippen molar-refractivity contribution in [3.63, 3.8) is 0 Å². The minimum atomic E-state index is 0.380. The van der Waals surface area contributed by atoms with Gasteiger partial charge in [0, 0.05) is 6.04 Å². The second kappa shape index (κ2) is 13.3. The maximum atomic E-state index is 3.57. The standard InChI is InChI=1S/C15H35N3/c1-5-7-8-9-10-11-12-13-14(18-6-2)15(16-3)17-4/h14-18H,5-13H2,1-4H3. The molecule has 0 saturated heterocycles. The molecule has 0 rings (SSSR count). The van der Waals surface area contributed by atoms with Gasteiger partial charge in [-0.2, -0.15) is 0 Å². The van der Waals surface area contributed by atoms with E-state index in [2.05, 4.69) is 29.8 Å². The Bertz CT molecular complexity index is 158. The Hall–Kier alpha value is -0.120. The minimum Gasteiger partial charge on any atom is -0.311 e. The van der Waals surface area contributed by atoms with Crippen molar-refractivity contribution in [3.8, 4) is 0 Å². The van der Waals surface area contributed by atoms with Gasteiger partial charge in [0.15, 0.2) is 0 Å². The van der Waals surface area contributed by atoms with Crippen molar-refractivity contribution in [1.82, 2.24) is 16.0 Å². The number of hydrogen-bond acceptors (Lipinski definition) is 3. The highest BCUT2D eigenvalue weighted by Crippen LogP contribution is 2.10. The van der Waals surface area contributed by atoms with Crippen molar-refractivity contribution < 1.29 is 0 Å². The third kappa shape index (κ3) is 8.90. The van der Waals surface area contributed by atoms with Gasteiger partial charge in [0.2, 0.25) is 0 Å². The summed E-state index contributed by atoms with van der Waals surface area (Å²) >= 11 is 0. The molecule has 0 heterocycles. The molecule has 0 saturated carbocycles. The topological polar surface area (TPSA) is 36.1 Å². The predicted molar refractivity (Wildman–Crippen MR) is 82.0 cm³/mol. The fourth-order valence-corrected chi connectivity index (χ4v) is 2.52. The van der Waals surface area contributed by atoms with Crippen LogP contribution in [0.2, 0.25) is 0 Å². The molecule has 0 aliphatic carbocycles. The Balaban J connectivity index is 3.63. The number of likely N-dealkylation sites (N-methyl/N-ethyl adjacent to an activating group) is 3. The molecule has 0 fully saturated rings. The van der Waals surface area contributed by atoms with Crippen LogP contribution in [0, 0.1) is 0 Å². The molecule has 0 radical (unpaired) electrons. The summed E-state index contributed by atoms with van der Waals surface area (Å²) in [7, 11) is 4.05. The number of rotatable bonds is 13. The molecule has 0 aliphatic rings. The van der Waals surface area contributed by atoms with Gasteiger partial charge in [0.1, 0.15) is 0 Å². The predicted octanol–water partition coefficient (Wildman–Crippen LogP) is 2.87. The van der Waals surface area contributed by atoms with Gasteiger partial charge in [-0.25, -0.2) is 0 Å². The molecule has 0 aromatic heterocycles. The van der Waals surface area contributed by atoms with Gasteiger partial charge in [-0.05, 0) is 27.1 Å². The zero-order valence-electron chi connectivity index (χ0n) is 13.0. The Morgan fingerprint density at radius 3 is 1.83 bits per heavy atom. The Morgan fingerprint density at radius 2 is 1.33 bits per heavy atom. The molecule has 1 atom stereocenters. The molecule has 0 aromatic rings. The van der Waals surface area contributed by atoms with Crippen molar-refractivity contribution in [2.75, 3.05) is 20.6 Å². The summed E-state index contributed by atoms with van der Waals surface area (Å²) in [6, 6.07) is 0.542. The van der Waals surface area contributed by atoms with Gasteiger partial charge >= 0.3 is 0 Å². The highest BCUT2D eigenvalue weighted by molar-refractivity contribution is 4.77. The van der Waals surface area contributed by atoms with E-state index < -0.39 is 0 Å². The second-order valence-electron chi connectivity index (χ2n) is 5.13. The summed E-state index contributed by atoms with van der Waals surface area (Å²) in [4.78, 5) is 0. The maximum absolute atomic E-state index is 3.57. The van der Waals surface area contributed by atoms with Crippen LogP contribution in [0.3, 0.4) is 0 Å².